The number of pyridine rings is 1. The number of nitrogens with one attached hydrogen (secondary N) is 1. The van der Waals surface area contributed by atoms with Gasteiger partial charge < -0.3 is 5.32 Å². The molecule has 0 radical (unpaired) electrons. The summed E-state index contributed by atoms with van der Waals surface area (Å²) >= 11 is 1.62. The van der Waals surface area contributed by atoms with E-state index in [0.717, 1.165) is 36.9 Å². The summed E-state index contributed by atoms with van der Waals surface area (Å²) in [4.78, 5) is 11.7. The van der Waals surface area contributed by atoms with Crippen LogP contribution in [0, 0.1) is 0 Å². The molecule has 1 aliphatic heterocycles. The van der Waals surface area contributed by atoms with Gasteiger partial charge in [0.25, 0.3) is 0 Å². The Kier molecular flexibility index (Phi) is 3.26. The fraction of sp³-hybridized carbons (Fsp3) is 0.467. The van der Waals surface area contributed by atoms with Crippen LogP contribution < -0.4 is 5.32 Å². The molecule has 20 heavy (non-hydrogen) atoms. The number of nitrogens with zero attached hydrogens (tertiary/aromatic N) is 3. The first-order valence-corrected chi connectivity index (χ1v) is 8.17. The van der Waals surface area contributed by atoms with Crippen LogP contribution in [0.25, 0.3) is 11.3 Å². The Balaban J connectivity index is 1.58. The van der Waals surface area contributed by atoms with Gasteiger partial charge in [-0.2, -0.15) is 0 Å². The van der Waals surface area contributed by atoms with Crippen LogP contribution in [0.4, 0.5) is 0 Å². The van der Waals surface area contributed by atoms with Crippen molar-refractivity contribution >= 4 is 11.3 Å². The van der Waals surface area contributed by atoms with Gasteiger partial charge in [-0.3, -0.25) is 9.88 Å². The first-order chi connectivity index (χ1) is 9.92. The second-order valence-electron chi connectivity index (χ2n) is 5.53. The Morgan fingerprint density at radius 2 is 2.20 bits per heavy atom. The third kappa shape index (κ3) is 2.37. The van der Waals surface area contributed by atoms with Gasteiger partial charge in [0, 0.05) is 42.8 Å². The van der Waals surface area contributed by atoms with Gasteiger partial charge in [0.2, 0.25) is 0 Å². The molecule has 4 rings (SSSR count). The van der Waals surface area contributed by atoms with Crippen molar-refractivity contribution in [1.82, 2.24) is 20.2 Å². The summed E-state index contributed by atoms with van der Waals surface area (Å²) < 4.78 is 0. The summed E-state index contributed by atoms with van der Waals surface area (Å²) in [6, 6.07) is 5.54. The number of thiazole rings is 1. The molecule has 5 heteroatoms. The standard InChI is InChI=1S/C15H18N4S/c1-4-13(17-7-11(1)14-9-20-10-18-14)15-8-16-5-6-19(15)12-2-3-12/h1,4,7,9-10,12,15-16H,2-3,5-6,8H2. The van der Waals surface area contributed by atoms with Gasteiger partial charge in [-0.15, -0.1) is 11.3 Å². The number of rotatable bonds is 3. The normalized spacial score (nSPS) is 23.9. The van der Waals surface area contributed by atoms with Crippen molar-refractivity contribution in [2.45, 2.75) is 24.9 Å². The van der Waals surface area contributed by atoms with Crippen LogP contribution in [0.2, 0.25) is 0 Å². The van der Waals surface area contributed by atoms with Crippen LogP contribution in [0.15, 0.2) is 29.2 Å². The minimum atomic E-state index is 0.431. The largest absolute Gasteiger partial charge is 0.313 e. The van der Waals surface area contributed by atoms with E-state index >= 15 is 0 Å². The zero-order valence-corrected chi connectivity index (χ0v) is 12.1. The Hall–Kier alpha value is -1.30. The minimum Gasteiger partial charge on any atom is -0.313 e. The Morgan fingerprint density at radius 1 is 1.25 bits per heavy atom. The summed E-state index contributed by atoms with van der Waals surface area (Å²) in [6.07, 6.45) is 4.67. The number of hydrogen-bond acceptors (Lipinski definition) is 5. The smallest absolute Gasteiger partial charge is 0.0826 e. The zero-order chi connectivity index (χ0) is 13.4. The van der Waals surface area contributed by atoms with Gasteiger partial charge in [0.05, 0.1) is 22.9 Å². The monoisotopic (exact) mass is 286 g/mol. The second kappa shape index (κ2) is 5.24. The summed E-state index contributed by atoms with van der Waals surface area (Å²) in [5, 5.41) is 5.56. The Labute approximate surface area is 122 Å². The van der Waals surface area contributed by atoms with E-state index in [-0.39, 0.29) is 0 Å². The fourth-order valence-corrected chi connectivity index (χ4v) is 3.51. The third-order valence-corrected chi connectivity index (χ3v) is 4.74. The highest BCUT2D eigenvalue weighted by molar-refractivity contribution is 7.07. The molecular formula is C15H18N4S. The molecule has 2 fully saturated rings. The topological polar surface area (TPSA) is 41.1 Å². The lowest BCUT2D eigenvalue weighted by atomic mass is 10.1. The second-order valence-corrected chi connectivity index (χ2v) is 6.25. The van der Waals surface area contributed by atoms with E-state index in [9.17, 15) is 0 Å². The summed E-state index contributed by atoms with van der Waals surface area (Å²) in [7, 11) is 0. The van der Waals surface area contributed by atoms with Crippen LogP contribution in [0.5, 0.6) is 0 Å². The SMILES string of the molecule is c1nc(-c2ccc(C3CNCCN3C3CC3)nc2)cs1. The zero-order valence-electron chi connectivity index (χ0n) is 11.3. The molecule has 1 aliphatic carbocycles. The molecule has 0 amide bonds. The Bertz CT molecular complexity index is 562. The van der Waals surface area contributed by atoms with Crippen molar-refractivity contribution in [3.05, 3.63) is 34.9 Å². The quantitative estimate of drug-likeness (QED) is 0.940. The molecular weight excluding hydrogens is 268 g/mol. The molecule has 104 valence electrons. The molecule has 0 bridgehead atoms. The van der Waals surface area contributed by atoms with Gasteiger partial charge in [-0.1, -0.05) is 0 Å². The lowest BCUT2D eigenvalue weighted by Crippen LogP contribution is -2.47. The van der Waals surface area contributed by atoms with Crippen LogP contribution in [0.3, 0.4) is 0 Å². The van der Waals surface area contributed by atoms with E-state index in [4.69, 9.17) is 4.98 Å². The van der Waals surface area contributed by atoms with Crippen molar-refractivity contribution in [2.75, 3.05) is 19.6 Å². The van der Waals surface area contributed by atoms with Gasteiger partial charge in [-0.05, 0) is 25.0 Å². The third-order valence-electron chi connectivity index (χ3n) is 4.16. The highest BCUT2D eigenvalue weighted by Crippen LogP contribution is 2.34. The molecule has 2 aromatic heterocycles. The van der Waals surface area contributed by atoms with Crippen molar-refractivity contribution in [3.8, 4) is 11.3 Å². The van der Waals surface area contributed by atoms with Gasteiger partial charge in [-0.25, -0.2) is 4.98 Å². The molecule has 1 saturated carbocycles. The van der Waals surface area contributed by atoms with Crippen molar-refractivity contribution in [3.63, 3.8) is 0 Å². The molecule has 1 atom stereocenters. The predicted octanol–water partition coefficient (Wildman–Crippen LogP) is 2.31. The van der Waals surface area contributed by atoms with Gasteiger partial charge in [0.15, 0.2) is 0 Å². The summed E-state index contributed by atoms with van der Waals surface area (Å²) in [5.74, 6) is 0. The average molecular weight is 286 g/mol. The molecule has 1 unspecified atom stereocenters. The number of piperazine rings is 1. The van der Waals surface area contributed by atoms with Gasteiger partial charge >= 0.3 is 0 Å². The van der Waals surface area contributed by atoms with Crippen molar-refractivity contribution in [2.24, 2.45) is 0 Å². The molecule has 2 aromatic rings. The summed E-state index contributed by atoms with van der Waals surface area (Å²) in [6.45, 7) is 3.26. The first kappa shape index (κ1) is 12.4. The molecule has 1 N–H and O–H groups in total. The molecule has 2 aliphatic rings. The average Bonchev–Trinajstić information content (AvgIpc) is 3.22. The highest BCUT2D eigenvalue weighted by atomic mass is 32.1. The fourth-order valence-electron chi connectivity index (χ4n) is 2.95. The maximum Gasteiger partial charge on any atom is 0.0826 e. The van der Waals surface area contributed by atoms with Crippen molar-refractivity contribution in [1.29, 1.82) is 0 Å². The highest BCUT2D eigenvalue weighted by Gasteiger charge is 2.36. The first-order valence-electron chi connectivity index (χ1n) is 7.23. The van der Waals surface area contributed by atoms with Gasteiger partial charge in [0.1, 0.15) is 0 Å². The minimum absolute atomic E-state index is 0.431. The maximum absolute atomic E-state index is 4.70. The van der Waals surface area contributed by atoms with E-state index in [1.807, 2.05) is 11.7 Å². The van der Waals surface area contributed by atoms with Crippen LogP contribution >= 0.6 is 11.3 Å². The van der Waals surface area contributed by atoms with E-state index < -0.39 is 0 Å². The number of aromatic nitrogens is 2. The molecule has 3 heterocycles. The van der Waals surface area contributed by atoms with Crippen LogP contribution in [-0.2, 0) is 0 Å². The van der Waals surface area contributed by atoms with Crippen molar-refractivity contribution < 1.29 is 0 Å². The van der Waals surface area contributed by atoms with Crippen LogP contribution in [-0.4, -0.2) is 40.5 Å². The number of hydrogen-bond donors (Lipinski definition) is 1. The molecule has 4 nitrogen and oxygen atoms in total. The lowest BCUT2D eigenvalue weighted by molar-refractivity contribution is 0.149. The lowest BCUT2D eigenvalue weighted by Gasteiger charge is -2.36. The van der Waals surface area contributed by atoms with E-state index in [0.29, 0.717) is 6.04 Å². The van der Waals surface area contributed by atoms with E-state index in [1.165, 1.54) is 18.5 Å². The van der Waals surface area contributed by atoms with Crippen LogP contribution in [0.1, 0.15) is 24.6 Å². The Morgan fingerprint density at radius 3 is 2.90 bits per heavy atom. The molecule has 1 saturated heterocycles. The summed E-state index contributed by atoms with van der Waals surface area (Å²) in [5.41, 5.74) is 5.18. The maximum atomic E-state index is 4.70. The van der Waals surface area contributed by atoms with E-state index in [2.05, 4.69) is 32.7 Å². The molecule has 0 spiro atoms. The predicted molar refractivity (Wildman–Crippen MR) is 80.7 cm³/mol. The van der Waals surface area contributed by atoms with E-state index in [1.54, 1.807) is 11.3 Å². The molecule has 0 aromatic carbocycles.